The third-order valence-electron chi connectivity index (χ3n) is 3.40. The zero-order valence-electron chi connectivity index (χ0n) is 13.2. The highest BCUT2D eigenvalue weighted by molar-refractivity contribution is 6.30. The van der Waals surface area contributed by atoms with E-state index in [-0.39, 0.29) is 19.0 Å². The minimum atomic E-state index is -0.638. The number of ether oxygens (including phenoxy) is 4. The van der Waals surface area contributed by atoms with Crippen LogP contribution in [0.15, 0.2) is 42.5 Å². The van der Waals surface area contributed by atoms with Crippen LogP contribution in [0.2, 0.25) is 5.02 Å². The first kappa shape index (κ1) is 17.1. The van der Waals surface area contributed by atoms with Gasteiger partial charge < -0.3 is 18.9 Å². The normalized spacial score (nSPS) is 12.4. The largest absolute Gasteiger partial charge is 0.486 e. The monoisotopic (exact) mass is 362 g/mol. The molecular weight excluding hydrogens is 348 g/mol. The van der Waals surface area contributed by atoms with Crippen molar-refractivity contribution in [2.24, 2.45) is 0 Å². The molecule has 0 aliphatic carbocycles. The molecular formula is C18H15ClO6. The van der Waals surface area contributed by atoms with Gasteiger partial charge in [-0.2, -0.15) is 0 Å². The summed E-state index contributed by atoms with van der Waals surface area (Å²) in [6.45, 7) is 0.242. The number of carbonyl (C=O) groups excluding carboxylic acids is 2. The van der Waals surface area contributed by atoms with E-state index in [1.54, 1.807) is 42.5 Å². The van der Waals surface area contributed by atoms with Crippen molar-refractivity contribution in [3.05, 3.63) is 53.1 Å². The molecule has 0 atom stereocenters. The van der Waals surface area contributed by atoms with E-state index in [4.69, 9.17) is 30.5 Å². The molecule has 0 N–H and O–H groups in total. The summed E-state index contributed by atoms with van der Waals surface area (Å²) in [6.07, 6.45) is 0. The summed E-state index contributed by atoms with van der Waals surface area (Å²) >= 11 is 5.76. The van der Waals surface area contributed by atoms with Gasteiger partial charge in [-0.25, -0.2) is 4.79 Å². The fourth-order valence-electron chi connectivity index (χ4n) is 2.16. The molecule has 0 radical (unpaired) electrons. The molecule has 0 amide bonds. The standard InChI is InChI=1S/C18H15ClO6/c19-13-2-4-14(5-3-13)24-11-18(21)25-10-15(20)12-1-6-16-17(9-12)23-8-7-22-16/h1-6,9H,7-8,10-11H2. The number of fused-ring (bicyclic) bond motifs is 1. The summed E-state index contributed by atoms with van der Waals surface area (Å²) in [6, 6.07) is 11.4. The van der Waals surface area contributed by atoms with E-state index >= 15 is 0 Å². The van der Waals surface area contributed by atoms with E-state index in [1.807, 2.05) is 0 Å². The van der Waals surface area contributed by atoms with Crippen molar-refractivity contribution in [2.75, 3.05) is 26.4 Å². The molecule has 1 heterocycles. The van der Waals surface area contributed by atoms with Gasteiger partial charge in [0.25, 0.3) is 0 Å². The lowest BCUT2D eigenvalue weighted by Gasteiger charge is -2.18. The van der Waals surface area contributed by atoms with Crippen molar-refractivity contribution >= 4 is 23.4 Å². The van der Waals surface area contributed by atoms with Crippen LogP contribution in [0.1, 0.15) is 10.4 Å². The maximum absolute atomic E-state index is 12.1. The van der Waals surface area contributed by atoms with E-state index in [1.165, 1.54) is 0 Å². The predicted molar refractivity (Wildman–Crippen MR) is 89.7 cm³/mol. The number of ketones is 1. The molecule has 0 aromatic heterocycles. The van der Waals surface area contributed by atoms with Crippen LogP contribution in [-0.2, 0) is 9.53 Å². The van der Waals surface area contributed by atoms with Crippen LogP contribution in [0.4, 0.5) is 0 Å². The average molecular weight is 363 g/mol. The molecule has 0 saturated carbocycles. The number of carbonyl (C=O) groups is 2. The van der Waals surface area contributed by atoms with E-state index in [2.05, 4.69) is 0 Å². The fraction of sp³-hybridized carbons (Fsp3) is 0.222. The topological polar surface area (TPSA) is 71.1 Å². The van der Waals surface area contributed by atoms with Crippen molar-refractivity contribution in [1.82, 2.24) is 0 Å². The summed E-state index contributed by atoms with van der Waals surface area (Å²) in [5.41, 5.74) is 0.385. The van der Waals surface area contributed by atoms with Gasteiger partial charge in [-0.3, -0.25) is 4.79 Å². The highest BCUT2D eigenvalue weighted by Crippen LogP contribution is 2.30. The Morgan fingerprint density at radius 2 is 1.68 bits per heavy atom. The van der Waals surface area contributed by atoms with Crippen molar-refractivity contribution in [3.8, 4) is 17.2 Å². The molecule has 6 nitrogen and oxygen atoms in total. The van der Waals surface area contributed by atoms with Crippen molar-refractivity contribution < 1.29 is 28.5 Å². The molecule has 2 aromatic carbocycles. The van der Waals surface area contributed by atoms with Crippen molar-refractivity contribution in [2.45, 2.75) is 0 Å². The van der Waals surface area contributed by atoms with Gasteiger partial charge in [-0.15, -0.1) is 0 Å². The Kier molecular flexibility index (Phi) is 5.40. The molecule has 3 rings (SSSR count). The summed E-state index contributed by atoms with van der Waals surface area (Å²) < 4.78 is 21.0. The molecule has 0 bridgehead atoms. The molecule has 2 aromatic rings. The quantitative estimate of drug-likeness (QED) is 0.581. The van der Waals surface area contributed by atoms with Gasteiger partial charge >= 0.3 is 5.97 Å². The van der Waals surface area contributed by atoms with Gasteiger partial charge in [0, 0.05) is 10.6 Å². The van der Waals surface area contributed by atoms with Crippen molar-refractivity contribution in [1.29, 1.82) is 0 Å². The highest BCUT2D eigenvalue weighted by atomic mass is 35.5. The lowest BCUT2D eigenvalue weighted by molar-refractivity contribution is -0.144. The second-order valence-electron chi connectivity index (χ2n) is 5.18. The number of Topliss-reactive ketones (excluding diaryl/α,β-unsaturated/α-hetero) is 1. The van der Waals surface area contributed by atoms with Crippen LogP contribution in [0.3, 0.4) is 0 Å². The van der Waals surface area contributed by atoms with Crippen molar-refractivity contribution in [3.63, 3.8) is 0 Å². The Hall–Kier alpha value is -2.73. The Morgan fingerprint density at radius 1 is 0.960 bits per heavy atom. The van der Waals surface area contributed by atoms with E-state index in [0.717, 1.165) is 0 Å². The van der Waals surface area contributed by atoms with Crippen LogP contribution in [0.25, 0.3) is 0 Å². The van der Waals surface area contributed by atoms with Gasteiger partial charge in [-0.05, 0) is 42.5 Å². The molecule has 0 spiro atoms. The second-order valence-corrected chi connectivity index (χ2v) is 5.62. The predicted octanol–water partition coefficient (Wildman–Crippen LogP) is 2.92. The zero-order chi connectivity index (χ0) is 17.6. The van der Waals surface area contributed by atoms with Crippen LogP contribution < -0.4 is 14.2 Å². The number of halogens is 1. The lowest BCUT2D eigenvalue weighted by Crippen LogP contribution is -2.20. The molecule has 25 heavy (non-hydrogen) atoms. The minimum absolute atomic E-state index is 0.296. The summed E-state index contributed by atoms with van der Waals surface area (Å²) in [4.78, 5) is 23.8. The number of hydrogen-bond donors (Lipinski definition) is 0. The first-order valence-corrected chi connectivity index (χ1v) is 7.96. The van der Waals surface area contributed by atoms with Gasteiger partial charge in [-0.1, -0.05) is 11.6 Å². The van der Waals surface area contributed by atoms with Gasteiger partial charge in [0.1, 0.15) is 19.0 Å². The first-order valence-electron chi connectivity index (χ1n) is 7.58. The van der Waals surface area contributed by atoms with E-state index in [9.17, 15) is 9.59 Å². The van der Waals surface area contributed by atoms with Gasteiger partial charge in [0.05, 0.1) is 0 Å². The third kappa shape index (κ3) is 4.64. The second kappa shape index (κ2) is 7.90. The Labute approximate surface area is 149 Å². The van der Waals surface area contributed by atoms with Crippen LogP contribution in [0.5, 0.6) is 17.2 Å². The van der Waals surface area contributed by atoms with Gasteiger partial charge in [0.15, 0.2) is 30.5 Å². The number of rotatable bonds is 6. The smallest absolute Gasteiger partial charge is 0.344 e. The van der Waals surface area contributed by atoms with Crippen LogP contribution in [0, 0.1) is 0 Å². The molecule has 7 heteroatoms. The van der Waals surface area contributed by atoms with Gasteiger partial charge in [0.2, 0.25) is 0 Å². The SMILES string of the molecule is O=C(COc1ccc(Cl)cc1)OCC(=O)c1ccc2c(c1)OCCO2. The average Bonchev–Trinajstić information content (AvgIpc) is 2.65. The van der Waals surface area contributed by atoms with Crippen LogP contribution in [-0.4, -0.2) is 38.2 Å². The first-order chi connectivity index (χ1) is 12.1. The summed E-state index contributed by atoms with van der Waals surface area (Å²) in [5.74, 6) is 0.614. The lowest BCUT2D eigenvalue weighted by atomic mass is 10.1. The molecule has 0 unspecified atom stereocenters. The highest BCUT2D eigenvalue weighted by Gasteiger charge is 2.16. The van der Waals surface area contributed by atoms with E-state index in [0.29, 0.717) is 41.0 Å². The summed E-state index contributed by atoms with van der Waals surface area (Å²) in [5, 5.41) is 0.569. The Morgan fingerprint density at radius 3 is 2.44 bits per heavy atom. The Bertz CT molecular complexity index is 772. The molecule has 130 valence electrons. The molecule has 0 fully saturated rings. The molecule has 0 saturated heterocycles. The summed E-state index contributed by atoms with van der Waals surface area (Å²) in [7, 11) is 0. The maximum atomic E-state index is 12.1. The third-order valence-corrected chi connectivity index (χ3v) is 3.65. The minimum Gasteiger partial charge on any atom is -0.486 e. The fourth-order valence-corrected chi connectivity index (χ4v) is 2.29. The number of hydrogen-bond acceptors (Lipinski definition) is 6. The molecule has 1 aliphatic heterocycles. The zero-order valence-corrected chi connectivity index (χ0v) is 14.0. The van der Waals surface area contributed by atoms with Crippen LogP contribution >= 0.6 is 11.6 Å². The van der Waals surface area contributed by atoms with E-state index < -0.39 is 5.97 Å². The number of benzene rings is 2. The number of esters is 1. The molecule has 1 aliphatic rings. The maximum Gasteiger partial charge on any atom is 0.344 e. The Balaban J connectivity index is 1.48.